The molecule has 1 saturated carbocycles. The Hall–Kier alpha value is -0.760. The lowest BCUT2D eigenvalue weighted by Gasteiger charge is -2.32. The zero-order valence-corrected chi connectivity index (χ0v) is 12.1. The van der Waals surface area contributed by atoms with Gasteiger partial charge in [-0.05, 0) is 49.9 Å². The van der Waals surface area contributed by atoms with E-state index in [2.05, 4.69) is 35.6 Å². The number of halogens is 1. The number of rotatable bonds is 3. The van der Waals surface area contributed by atoms with Gasteiger partial charge in [-0.25, -0.2) is 0 Å². The van der Waals surface area contributed by atoms with Crippen LogP contribution in [0.1, 0.15) is 38.2 Å². The van der Waals surface area contributed by atoms with E-state index in [-0.39, 0.29) is 5.60 Å². The number of ether oxygens (including phenoxy) is 1. The van der Waals surface area contributed by atoms with Crippen molar-refractivity contribution in [3.8, 4) is 11.8 Å². The fourth-order valence-electron chi connectivity index (χ4n) is 2.42. The second kappa shape index (κ2) is 5.26. The monoisotopic (exact) mass is 341 g/mol. The third kappa shape index (κ3) is 2.57. The molecule has 90 valence electrons. The Morgan fingerprint density at radius 3 is 2.65 bits per heavy atom. The third-order valence-electron chi connectivity index (χ3n) is 3.53. The van der Waals surface area contributed by atoms with Crippen molar-refractivity contribution < 1.29 is 4.74 Å². The second-order valence-corrected chi connectivity index (χ2v) is 6.02. The van der Waals surface area contributed by atoms with Crippen LogP contribution in [-0.2, 0) is 0 Å². The van der Waals surface area contributed by atoms with Gasteiger partial charge in [-0.2, -0.15) is 5.26 Å². The van der Waals surface area contributed by atoms with Gasteiger partial charge in [0.25, 0.3) is 0 Å². The molecule has 2 atom stereocenters. The van der Waals surface area contributed by atoms with Crippen LogP contribution in [0, 0.1) is 11.3 Å². The molecule has 2 rings (SSSR count). The summed E-state index contributed by atoms with van der Waals surface area (Å²) in [6.07, 6.45) is 4.67. The highest BCUT2D eigenvalue weighted by molar-refractivity contribution is 14.1. The molecule has 0 heterocycles. The van der Waals surface area contributed by atoms with Crippen LogP contribution in [0.15, 0.2) is 24.3 Å². The molecule has 0 bridgehead atoms. The molecule has 1 aliphatic rings. The molecule has 1 aromatic carbocycles. The lowest BCUT2D eigenvalue weighted by molar-refractivity contribution is 0.0812. The van der Waals surface area contributed by atoms with Gasteiger partial charge in [0.1, 0.15) is 11.4 Å². The first-order valence-electron chi connectivity index (χ1n) is 6.03. The van der Waals surface area contributed by atoms with Crippen molar-refractivity contribution in [3.63, 3.8) is 0 Å². The second-order valence-electron chi connectivity index (χ2n) is 4.52. The quantitative estimate of drug-likeness (QED) is 0.613. The number of hydrogen-bond donors (Lipinski definition) is 0. The van der Waals surface area contributed by atoms with E-state index in [0.29, 0.717) is 9.49 Å². The summed E-state index contributed by atoms with van der Waals surface area (Å²) >= 11 is 2.51. The van der Waals surface area contributed by atoms with Crippen LogP contribution in [0.4, 0.5) is 0 Å². The van der Waals surface area contributed by atoms with Gasteiger partial charge >= 0.3 is 0 Å². The largest absolute Gasteiger partial charge is 0.486 e. The summed E-state index contributed by atoms with van der Waals surface area (Å²) in [5.41, 5.74) is 0.676. The maximum Gasteiger partial charge on any atom is 0.120 e. The SMILES string of the molecule is CCC1(Oc2ccc(C#N)cc2)CCCC1I. The highest BCUT2D eigenvalue weighted by Gasteiger charge is 2.42. The molecule has 0 spiro atoms. The van der Waals surface area contributed by atoms with Crippen molar-refractivity contribution >= 4 is 22.6 Å². The van der Waals surface area contributed by atoms with Gasteiger partial charge in [-0.1, -0.05) is 29.5 Å². The molecule has 0 N–H and O–H groups in total. The van der Waals surface area contributed by atoms with Crippen molar-refractivity contribution in [2.24, 2.45) is 0 Å². The van der Waals surface area contributed by atoms with Crippen LogP contribution in [0.3, 0.4) is 0 Å². The molecule has 2 nitrogen and oxygen atoms in total. The van der Waals surface area contributed by atoms with Gasteiger partial charge in [0.15, 0.2) is 0 Å². The summed E-state index contributed by atoms with van der Waals surface area (Å²) in [7, 11) is 0. The Balaban J connectivity index is 2.16. The average Bonchev–Trinajstić information content (AvgIpc) is 2.72. The fraction of sp³-hybridized carbons (Fsp3) is 0.500. The Morgan fingerprint density at radius 2 is 2.18 bits per heavy atom. The summed E-state index contributed by atoms with van der Waals surface area (Å²) in [5.74, 6) is 0.884. The van der Waals surface area contributed by atoms with Gasteiger partial charge in [-0.3, -0.25) is 0 Å². The maximum atomic E-state index is 8.76. The highest BCUT2D eigenvalue weighted by atomic mass is 127. The molecule has 1 fully saturated rings. The number of benzene rings is 1. The Bertz CT molecular complexity index is 423. The fourth-order valence-corrected chi connectivity index (χ4v) is 3.74. The van der Waals surface area contributed by atoms with Gasteiger partial charge in [0, 0.05) is 0 Å². The van der Waals surface area contributed by atoms with Crippen molar-refractivity contribution in [2.75, 3.05) is 0 Å². The van der Waals surface area contributed by atoms with Crippen LogP contribution in [0.25, 0.3) is 0 Å². The molecule has 3 heteroatoms. The number of alkyl halides is 1. The van der Waals surface area contributed by atoms with Crippen molar-refractivity contribution in [1.29, 1.82) is 5.26 Å². The van der Waals surface area contributed by atoms with E-state index in [1.807, 2.05) is 24.3 Å². The Morgan fingerprint density at radius 1 is 1.47 bits per heavy atom. The first-order chi connectivity index (χ1) is 8.20. The predicted molar refractivity (Wildman–Crippen MR) is 76.5 cm³/mol. The summed E-state index contributed by atoms with van der Waals surface area (Å²) < 4.78 is 6.79. The molecule has 0 aromatic heterocycles. The molecular weight excluding hydrogens is 325 g/mol. The molecule has 0 saturated heterocycles. The molecule has 2 unspecified atom stereocenters. The van der Waals surface area contributed by atoms with E-state index in [0.717, 1.165) is 18.6 Å². The van der Waals surface area contributed by atoms with Gasteiger partial charge < -0.3 is 4.74 Å². The van der Waals surface area contributed by atoms with Crippen molar-refractivity contribution in [1.82, 2.24) is 0 Å². The average molecular weight is 341 g/mol. The van der Waals surface area contributed by atoms with E-state index in [1.165, 1.54) is 12.8 Å². The number of nitriles is 1. The van der Waals surface area contributed by atoms with Gasteiger partial charge in [0.2, 0.25) is 0 Å². The first kappa shape index (κ1) is 12.7. The summed E-state index contributed by atoms with van der Waals surface area (Å²) in [6.45, 7) is 2.20. The number of nitrogens with zero attached hydrogens (tertiary/aromatic N) is 1. The van der Waals surface area contributed by atoms with Gasteiger partial charge in [-0.15, -0.1) is 0 Å². The van der Waals surface area contributed by atoms with Crippen LogP contribution in [0.2, 0.25) is 0 Å². The molecule has 1 aromatic rings. The summed E-state index contributed by atoms with van der Waals surface area (Å²) in [4.78, 5) is 0. The molecule has 0 amide bonds. The van der Waals surface area contributed by atoms with E-state index < -0.39 is 0 Å². The smallest absolute Gasteiger partial charge is 0.120 e. The maximum absolute atomic E-state index is 8.76. The van der Waals surface area contributed by atoms with Crippen LogP contribution < -0.4 is 4.74 Å². The van der Waals surface area contributed by atoms with Crippen LogP contribution in [0.5, 0.6) is 5.75 Å². The van der Waals surface area contributed by atoms with Crippen molar-refractivity contribution in [3.05, 3.63) is 29.8 Å². The molecular formula is C14H16INO. The molecule has 0 radical (unpaired) electrons. The van der Waals surface area contributed by atoms with E-state index >= 15 is 0 Å². The van der Waals surface area contributed by atoms with E-state index in [1.54, 1.807) is 0 Å². The minimum Gasteiger partial charge on any atom is -0.486 e. The van der Waals surface area contributed by atoms with Crippen LogP contribution in [-0.4, -0.2) is 9.53 Å². The summed E-state index contributed by atoms with van der Waals surface area (Å²) in [6, 6.07) is 9.55. The first-order valence-corrected chi connectivity index (χ1v) is 7.28. The van der Waals surface area contributed by atoms with Crippen LogP contribution >= 0.6 is 22.6 Å². The standard InChI is InChI=1S/C14H16INO/c1-2-14(9-3-4-13(14)15)17-12-7-5-11(10-16)6-8-12/h5-8,13H,2-4,9H2,1H3. The molecule has 17 heavy (non-hydrogen) atoms. The lowest BCUT2D eigenvalue weighted by atomic mass is 9.98. The minimum atomic E-state index is -0.00524. The highest BCUT2D eigenvalue weighted by Crippen LogP contribution is 2.41. The van der Waals surface area contributed by atoms with Crippen molar-refractivity contribution in [2.45, 2.75) is 42.1 Å². The predicted octanol–water partition coefficient (Wildman–Crippen LogP) is 4.07. The topological polar surface area (TPSA) is 33.0 Å². The minimum absolute atomic E-state index is 0.00524. The number of hydrogen-bond acceptors (Lipinski definition) is 2. The zero-order chi connectivity index (χ0) is 12.3. The third-order valence-corrected chi connectivity index (χ3v) is 5.29. The Kier molecular flexibility index (Phi) is 3.93. The lowest BCUT2D eigenvalue weighted by Crippen LogP contribution is -2.39. The summed E-state index contributed by atoms with van der Waals surface area (Å²) in [5, 5.41) is 8.76. The van der Waals surface area contributed by atoms with E-state index in [9.17, 15) is 0 Å². The molecule has 1 aliphatic carbocycles. The van der Waals surface area contributed by atoms with E-state index in [4.69, 9.17) is 10.00 Å². The Labute approximate surface area is 116 Å². The normalized spacial score (nSPS) is 27.7. The zero-order valence-electron chi connectivity index (χ0n) is 9.95. The molecule has 0 aliphatic heterocycles. The van der Waals surface area contributed by atoms with Gasteiger partial charge in [0.05, 0.1) is 15.6 Å².